The van der Waals surface area contributed by atoms with Gasteiger partial charge in [-0.2, -0.15) is 0 Å². The first-order chi connectivity index (χ1) is 16.0. The van der Waals surface area contributed by atoms with Crippen molar-refractivity contribution < 1.29 is 43.1 Å². The van der Waals surface area contributed by atoms with E-state index in [0.29, 0.717) is 29.2 Å². The Morgan fingerprint density at radius 3 is 2.52 bits per heavy atom. The third-order valence-electron chi connectivity index (χ3n) is 6.50. The summed E-state index contributed by atoms with van der Waals surface area (Å²) in [5.41, 5.74) is 2.24. The first kappa shape index (κ1) is 21.2. The highest BCUT2D eigenvalue weighted by Crippen LogP contribution is 2.56. The molecule has 2 aromatic rings. The molecule has 9 nitrogen and oxygen atoms in total. The summed E-state index contributed by atoms with van der Waals surface area (Å²) in [7, 11) is 2.89. The van der Waals surface area contributed by atoms with E-state index < -0.39 is 17.8 Å². The largest absolute Gasteiger partial charge is 0.502 e. The van der Waals surface area contributed by atoms with Gasteiger partial charge in [-0.05, 0) is 35.7 Å². The first-order valence-electron chi connectivity index (χ1n) is 10.7. The summed E-state index contributed by atoms with van der Waals surface area (Å²) in [6.45, 7) is 1.99. The van der Waals surface area contributed by atoms with Crippen LogP contribution in [0.5, 0.6) is 34.5 Å². The third-order valence-corrected chi connectivity index (χ3v) is 6.50. The van der Waals surface area contributed by atoms with Crippen LogP contribution in [-0.2, 0) is 20.7 Å². The van der Waals surface area contributed by atoms with Gasteiger partial charge in [0.15, 0.2) is 23.0 Å². The van der Waals surface area contributed by atoms with Gasteiger partial charge in [0, 0.05) is 23.8 Å². The number of methoxy groups -OCH3 is 2. The summed E-state index contributed by atoms with van der Waals surface area (Å²) in [5, 5.41) is 10.4. The van der Waals surface area contributed by atoms with Crippen LogP contribution >= 0.6 is 0 Å². The van der Waals surface area contributed by atoms with E-state index in [0.717, 1.165) is 11.1 Å². The van der Waals surface area contributed by atoms with Crippen LogP contribution in [-0.4, -0.2) is 44.7 Å². The second kappa shape index (κ2) is 8.06. The predicted octanol–water partition coefficient (Wildman–Crippen LogP) is 2.93. The zero-order valence-electron chi connectivity index (χ0n) is 18.5. The lowest BCUT2D eigenvalue weighted by Crippen LogP contribution is -2.32. The molecule has 174 valence electrons. The Morgan fingerprint density at radius 2 is 1.85 bits per heavy atom. The number of carbonyl (C=O) groups excluding carboxylic acids is 2. The van der Waals surface area contributed by atoms with Crippen molar-refractivity contribution in [3.05, 3.63) is 34.9 Å². The van der Waals surface area contributed by atoms with Crippen molar-refractivity contribution in [3.8, 4) is 34.5 Å². The number of phenols is 1. The number of aromatic hydroxyl groups is 1. The maximum Gasteiger partial charge on any atom is 0.311 e. The second-order valence-corrected chi connectivity index (χ2v) is 8.21. The lowest BCUT2D eigenvalue weighted by atomic mass is 9.67. The average Bonchev–Trinajstić information content (AvgIpc) is 3.44. The van der Waals surface area contributed by atoms with Crippen LogP contribution in [0.2, 0.25) is 0 Å². The van der Waals surface area contributed by atoms with E-state index in [2.05, 4.69) is 0 Å². The Labute approximate surface area is 190 Å². The fraction of sp³-hybridized carbons (Fsp3) is 0.417. The molecule has 0 bridgehead atoms. The molecule has 5 rings (SSSR count). The Kier molecular flexibility index (Phi) is 5.19. The molecule has 3 aliphatic rings. The van der Waals surface area contributed by atoms with Gasteiger partial charge < -0.3 is 33.5 Å². The van der Waals surface area contributed by atoms with Gasteiger partial charge in [0.1, 0.15) is 0 Å². The number of benzene rings is 2. The maximum atomic E-state index is 12.8. The van der Waals surface area contributed by atoms with E-state index in [1.54, 1.807) is 19.1 Å². The monoisotopic (exact) mass is 456 g/mol. The summed E-state index contributed by atoms with van der Waals surface area (Å²) in [5.74, 6) is -0.286. The molecule has 0 radical (unpaired) electrons. The number of esters is 2. The van der Waals surface area contributed by atoms with E-state index in [-0.39, 0.29) is 49.0 Å². The van der Waals surface area contributed by atoms with Gasteiger partial charge in [0.2, 0.25) is 18.3 Å². The van der Waals surface area contributed by atoms with Gasteiger partial charge in [0.25, 0.3) is 0 Å². The minimum Gasteiger partial charge on any atom is -0.502 e. The van der Waals surface area contributed by atoms with E-state index >= 15 is 0 Å². The molecular weight excluding hydrogens is 432 g/mol. The molecule has 0 aromatic heterocycles. The molecule has 0 spiro atoms. The quantitative estimate of drug-likeness (QED) is 0.536. The zero-order chi connectivity index (χ0) is 23.3. The number of rotatable bonds is 5. The van der Waals surface area contributed by atoms with Crippen molar-refractivity contribution in [3.63, 3.8) is 0 Å². The number of fused-ring (bicyclic) bond motifs is 3. The molecule has 33 heavy (non-hydrogen) atoms. The predicted molar refractivity (Wildman–Crippen MR) is 113 cm³/mol. The van der Waals surface area contributed by atoms with E-state index in [9.17, 15) is 14.7 Å². The van der Waals surface area contributed by atoms with Gasteiger partial charge in [-0.15, -0.1) is 0 Å². The van der Waals surface area contributed by atoms with Crippen LogP contribution in [0.25, 0.3) is 0 Å². The molecule has 0 saturated carbocycles. The highest BCUT2D eigenvalue weighted by molar-refractivity contribution is 5.80. The molecule has 9 heteroatoms. The number of hydrogen-bond acceptors (Lipinski definition) is 9. The van der Waals surface area contributed by atoms with E-state index in [4.69, 9.17) is 28.4 Å². The highest BCUT2D eigenvalue weighted by atomic mass is 16.7. The van der Waals surface area contributed by atoms with Crippen molar-refractivity contribution >= 4 is 11.9 Å². The minimum absolute atomic E-state index is 0.00925. The van der Waals surface area contributed by atoms with E-state index in [1.807, 2.05) is 6.07 Å². The van der Waals surface area contributed by atoms with Gasteiger partial charge in [-0.1, -0.05) is 6.92 Å². The summed E-state index contributed by atoms with van der Waals surface area (Å²) in [4.78, 5) is 25.1. The smallest absolute Gasteiger partial charge is 0.311 e. The van der Waals surface area contributed by atoms with Crippen LogP contribution in [0.1, 0.15) is 36.0 Å². The van der Waals surface area contributed by atoms with Crippen LogP contribution in [0.15, 0.2) is 18.2 Å². The minimum atomic E-state index is -0.467. The highest BCUT2D eigenvalue weighted by Gasteiger charge is 2.49. The van der Waals surface area contributed by atoms with Gasteiger partial charge in [-0.3, -0.25) is 9.59 Å². The first-order valence-corrected chi connectivity index (χ1v) is 10.7. The molecule has 1 aliphatic carbocycles. The molecule has 0 unspecified atom stereocenters. The van der Waals surface area contributed by atoms with Crippen LogP contribution < -0.4 is 23.7 Å². The lowest BCUT2D eigenvalue weighted by Gasteiger charge is -2.34. The van der Waals surface area contributed by atoms with E-state index in [1.165, 1.54) is 14.2 Å². The van der Waals surface area contributed by atoms with Crippen LogP contribution in [0, 0.1) is 11.8 Å². The number of carbonyl (C=O) groups is 2. The number of cyclic esters (lactones) is 1. The Balaban J connectivity index is 1.75. The number of phenolic OH excluding ortho intramolecular Hbond substituents is 1. The van der Waals surface area contributed by atoms with Crippen molar-refractivity contribution in [2.24, 2.45) is 11.8 Å². The summed E-state index contributed by atoms with van der Waals surface area (Å²) in [6, 6.07) is 5.20. The summed E-state index contributed by atoms with van der Waals surface area (Å²) in [6.07, 6.45) is 0.681. The van der Waals surface area contributed by atoms with Crippen LogP contribution in [0.4, 0.5) is 0 Å². The number of ether oxygens (including phenoxy) is 6. The van der Waals surface area contributed by atoms with Crippen LogP contribution in [0.3, 0.4) is 0 Å². The SMILES string of the molecule is CCC(=O)Oc1c2c(cc3c1OCO3)[C@@H](c1cc(OC)c(O)c(OC)c1)[C@H]1C(=O)OC[C@@H]1C2. The standard InChI is InChI=1S/C24H24O9/c1-4-18(25)33-22-14-5-12-9-30-24(27)20(12)19(13(14)8-17-23(22)32-10-31-17)11-6-15(28-2)21(26)16(7-11)29-3/h6-8,12,19-20,26H,4-5,9-10H2,1-3H3/t12-,19+,20-/m0/s1. The summed E-state index contributed by atoms with van der Waals surface area (Å²) < 4.78 is 33.1. The second-order valence-electron chi connectivity index (χ2n) is 8.21. The van der Waals surface area contributed by atoms with Crippen molar-refractivity contribution in [1.29, 1.82) is 0 Å². The molecule has 0 amide bonds. The van der Waals surface area contributed by atoms with Crippen molar-refractivity contribution in [2.75, 3.05) is 27.6 Å². The topological polar surface area (TPSA) is 110 Å². The average molecular weight is 456 g/mol. The fourth-order valence-corrected chi connectivity index (χ4v) is 4.96. The van der Waals surface area contributed by atoms with Crippen molar-refractivity contribution in [1.82, 2.24) is 0 Å². The number of hydrogen-bond donors (Lipinski definition) is 1. The molecule has 2 aromatic carbocycles. The van der Waals surface area contributed by atoms with Crippen molar-refractivity contribution in [2.45, 2.75) is 25.7 Å². The third kappa shape index (κ3) is 3.30. The maximum absolute atomic E-state index is 12.8. The molecule has 1 N–H and O–H groups in total. The normalized spacial score (nSPS) is 22.3. The molecule has 2 heterocycles. The Morgan fingerprint density at radius 1 is 1.12 bits per heavy atom. The van der Waals surface area contributed by atoms with Gasteiger partial charge >= 0.3 is 11.9 Å². The molecule has 1 fully saturated rings. The Bertz CT molecular complexity index is 1110. The summed E-state index contributed by atoms with van der Waals surface area (Å²) >= 11 is 0. The van der Waals surface area contributed by atoms with Gasteiger partial charge in [-0.25, -0.2) is 0 Å². The fourth-order valence-electron chi connectivity index (χ4n) is 4.96. The molecule has 2 aliphatic heterocycles. The van der Waals surface area contributed by atoms with Gasteiger partial charge in [0.05, 0.1) is 26.7 Å². The zero-order valence-corrected chi connectivity index (χ0v) is 18.5. The lowest BCUT2D eigenvalue weighted by molar-refractivity contribution is -0.141. The molecule has 1 saturated heterocycles. The molecular formula is C24H24O9. The Hall–Kier alpha value is -3.62. The molecule has 3 atom stereocenters.